The van der Waals surface area contributed by atoms with Gasteiger partial charge in [0.1, 0.15) is 5.49 Å². The smallest absolute Gasteiger partial charge is 0.127 e. The minimum absolute atomic E-state index is 0.845. The predicted octanol–water partition coefficient (Wildman–Crippen LogP) is 0.946. The Balaban J connectivity index is 3.15. The van der Waals surface area contributed by atoms with E-state index < -0.39 is 0 Å². The maximum absolute atomic E-state index is 4.27. The van der Waals surface area contributed by atoms with Gasteiger partial charge in [-0.15, -0.1) is 0 Å². The van der Waals surface area contributed by atoms with Crippen LogP contribution in [-0.2, 0) is 7.05 Å². The molecule has 0 radical (unpaired) electrons. The van der Waals surface area contributed by atoms with E-state index in [9.17, 15) is 0 Å². The van der Waals surface area contributed by atoms with Crippen LogP contribution in [0.1, 0.15) is 6.92 Å². The summed E-state index contributed by atoms with van der Waals surface area (Å²) < 4.78 is 2.00. The number of aryl methyl sites for hydroxylation is 1. The quantitative estimate of drug-likeness (QED) is 0.547. The van der Waals surface area contributed by atoms with Crippen molar-refractivity contribution in [2.24, 2.45) is 12.0 Å². The number of hydrogen-bond acceptors (Lipinski definition) is 1. The van der Waals surface area contributed by atoms with E-state index in [0.29, 0.717) is 0 Å². The zero-order chi connectivity index (χ0) is 7.40. The van der Waals surface area contributed by atoms with Crippen LogP contribution in [0.25, 0.3) is 0 Å². The first-order valence-electron chi connectivity index (χ1n) is 3.46. The fourth-order valence-corrected chi connectivity index (χ4v) is 0.841. The van der Waals surface area contributed by atoms with E-state index in [2.05, 4.69) is 4.99 Å². The van der Waals surface area contributed by atoms with E-state index in [1.54, 1.807) is 0 Å². The van der Waals surface area contributed by atoms with E-state index >= 15 is 0 Å². The number of hydrogen-bond donors (Lipinski definition) is 0. The van der Waals surface area contributed by atoms with Gasteiger partial charge in [-0.2, -0.15) is 0 Å². The molecule has 2 nitrogen and oxygen atoms in total. The molecule has 0 N–H and O–H groups in total. The molecule has 1 aromatic rings. The summed E-state index contributed by atoms with van der Waals surface area (Å²) >= 11 is 0. The summed E-state index contributed by atoms with van der Waals surface area (Å²) in [5.74, 6) is 0. The Labute approximate surface area is 60.9 Å². The van der Waals surface area contributed by atoms with Crippen LogP contribution in [0.4, 0.5) is 0 Å². The summed E-state index contributed by atoms with van der Waals surface area (Å²) in [4.78, 5) is 4.27. The number of rotatable bonds is 1. The van der Waals surface area contributed by atoms with Crippen LogP contribution in [0, 0.1) is 0 Å². The Hall–Kier alpha value is -1.05. The van der Waals surface area contributed by atoms with Crippen molar-refractivity contribution in [1.82, 2.24) is 4.57 Å². The maximum atomic E-state index is 4.27. The fraction of sp³-hybridized carbons (Fsp3) is 0.375. The molecule has 0 fully saturated rings. The minimum Gasteiger partial charge on any atom is -0.336 e. The molecular weight excluding hydrogens is 124 g/mol. The van der Waals surface area contributed by atoms with Crippen LogP contribution < -0.4 is 5.49 Å². The molecule has 0 aromatic carbocycles. The molecule has 0 aliphatic rings. The van der Waals surface area contributed by atoms with E-state index in [1.807, 2.05) is 42.9 Å². The molecule has 0 atom stereocenters. The van der Waals surface area contributed by atoms with Crippen molar-refractivity contribution in [1.29, 1.82) is 0 Å². The Morgan fingerprint density at radius 2 is 2.30 bits per heavy atom. The minimum atomic E-state index is 0.845. The summed E-state index contributed by atoms with van der Waals surface area (Å²) in [6.07, 6.45) is 1.99. The molecule has 1 aromatic heterocycles. The van der Waals surface area contributed by atoms with Gasteiger partial charge in [-0.1, -0.05) is 6.07 Å². The molecule has 0 saturated carbocycles. The topological polar surface area (TPSA) is 17.3 Å². The molecule has 1 rings (SSSR count). The lowest BCUT2D eigenvalue weighted by Crippen LogP contribution is -2.15. The van der Waals surface area contributed by atoms with Gasteiger partial charge in [-0.25, -0.2) is 0 Å². The summed E-state index contributed by atoms with van der Waals surface area (Å²) in [7, 11) is 1.99. The highest BCUT2D eigenvalue weighted by molar-refractivity contribution is 4.91. The van der Waals surface area contributed by atoms with Crippen molar-refractivity contribution in [2.75, 3.05) is 6.54 Å². The van der Waals surface area contributed by atoms with Crippen molar-refractivity contribution in [3.05, 3.63) is 29.9 Å². The predicted molar refractivity (Wildman–Crippen MR) is 41.5 cm³/mol. The highest BCUT2D eigenvalue weighted by Crippen LogP contribution is 1.76. The van der Waals surface area contributed by atoms with Gasteiger partial charge < -0.3 is 4.57 Å². The molecule has 0 bridgehead atoms. The molecule has 54 valence electrons. The molecule has 0 amide bonds. The fourth-order valence-electron chi connectivity index (χ4n) is 0.841. The van der Waals surface area contributed by atoms with E-state index in [4.69, 9.17) is 0 Å². The van der Waals surface area contributed by atoms with Crippen molar-refractivity contribution in [3.63, 3.8) is 0 Å². The molecule has 0 spiro atoms. The standard InChI is InChI=1S/C8H12N2/c1-3-9-8-6-4-5-7-10(8)2/h4-7H,3H2,1-2H3/b9-8-. The van der Waals surface area contributed by atoms with Gasteiger partial charge >= 0.3 is 0 Å². The van der Waals surface area contributed by atoms with E-state index in [-0.39, 0.29) is 0 Å². The summed E-state index contributed by atoms with van der Waals surface area (Å²) in [5.41, 5.74) is 1.03. The van der Waals surface area contributed by atoms with E-state index in [0.717, 1.165) is 12.0 Å². The normalized spacial score (nSPS) is 12.0. The third-order valence-electron chi connectivity index (χ3n) is 1.35. The molecule has 0 aliphatic carbocycles. The second-order valence-electron chi connectivity index (χ2n) is 2.14. The molecule has 10 heavy (non-hydrogen) atoms. The van der Waals surface area contributed by atoms with Crippen LogP contribution in [0.2, 0.25) is 0 Å². The summed E-state index contributed by atoms with van der Waals surface area (Å²) in [6.45, 7) is 2.88. The molecular formula is C8H12N2. The Morgan fingerprint density at radius 1 is 1.50 bits per heavy atom. The number of nitrogens with zero attached hydrogens (tertiary/aromatic N) is 2. The van der Waals surface area contributed by atoms with Gasteiger partial charge in [-0.05, 0) is 19.1 Å². The van der Waals surface area contributed by atoms with Crippen molar-refractivity contribution >= 4 is 0 Å². The molecule has 2 heteroatoms. The largest absolute Gasteiger partial charge is 0.336 e. The zero-order valence-electron chi connectivity index (χ0n) is 6.41. The van der Waals surface area contributed by atoms with Gasteiger partial charge in [0, 0.05) is 19.8 Å². The third-order valence-corrected chi connectivity index (χ3v) is 1.35. The average molecular weight is 136 g/mol. The molecule has 1 heterocycles. The average Bonchev–Trinajstić information content (AvgIpc) is 1.94. The zero-order valence-corrected chi connectivity index (χ0v) is 6.41. The number of aromatic nitrogens is 1. The van der Waals surface area contributed by atoms with Crippen LogP contribution in [0.5, 0.6) is 0 Å². The van der Waals surface area contributed by atoms with Crippen LogP contribution in [-0.4, -0.2) is 11.1 Å². The lowest BCUT2D eigenvalue weighted by molar-refractivity contribution is 0.811. The monoisotopic (exact) mass is 136 g/mol. The van der Waals surface area contributed by atoms with Gasteiger partial charge in [0.2, 0.25) is 0 Å². The van der Waals surface area contributed by atoms with E-state index in [1.165, 1.54) is 0 Å². The lowest BCUT2D eigenvalue weighted by Gasteiger charge is -1.95. The Bertz CT molecular complexity index is 260. The second kappa shape index (κ2) is 3.20. The number of pyridine rings is 1. The highest BCUT2D eigenvalue weighted by Gasteiger charge is 1.80. The SMILES string of the molecule is CC/N=c1/ccccn1C. The van der Waals surface area contributed by atoms with Crippen LogP contribution in [0.3, 0.4) is 0 Å². The Kier molecular flexibility index (Phi) is 2.26. The van der Waals surface area contributed by atoms with Crippen molar-refractivity contribution in [3.8, 4) is 0 Å². The molecule has 0 unspecified atom stereocenters. The van der Waals surface area contributed by atoms with Gasteiger partial charge in [0.05, 0.1) is 0 Å². The second-order valence-corrected chi connectivity index (χ2v) is 2.14. The molecule has 0 aliphatic heterocycles. The first-order chi connectivity index (χ1) is 4.84. The van der Waals surface area contributed by atoms with Crippen molar-refractivity contribution < 1.29 is 0 Å². The lowest BCUT2D eigenvalue weighted by atomic mass is 10.5. The Morgan fingerprint density at radius 3 is 2.90 bits per heavy atom. The van der Waals surface area contributed by atoms with Crippen LogP contribution in [0.15, 0.2) is 29.4 Å². The van der Waals surface area contributed by atoms with Gasteiger partial charge in [0.15, 0.2) is 0 Å². The maximum Gasteiger partial charge on any atom is 0.127 e. The van der Waals surface area contributed by atoms with Crippen LogP contribution >= 0.6 is 0 Å². The first-order valence-corrected chi connectivity index (χ1v) is 3.46. The molecule has 0 saturated heterocycles. The summed E-state index contributed by atoms with van der Waals surface area (Å²) in [6, 6.07) is 5.99. The summed E-state index contributed by atoms with van der Waals surface area (Å²) in [5, 5.41) is 0. The first kappa shape index (κ1) is 7.06. The highest BCUT2D eigenvalue weighted by atomic mass is 15.0. The van der Waals surface area contributed by atoms with Gasteiger partial charge in [-0.3, -0.25) is 4.99 Å². The van der Waals surface area contributed by atoms with Gasteiger partial charge in [0.25, 0.3) is 0 Å². The third kappa shape index (κ3) is 1.47. The van der Waals surface area contributed by atoms with Crippen molar-refractivity contribution in [2.45, 2.75) is 6.92 Å².